The zero-order chi connectivity index (χ0) is 13.5. The number of benzene rings is 1. The highest BCUT2D eigenvalue weighted by molar-refractivity contribution is 5.60. The smallest absolute Gasteiger partial charge is 0.0766 e. The molecule has 18 heavy (non-hydrogen) atoms. The first kappa shape index (κ1) is 13.4. The van der Waals surface area contributed by atoms with Crippen LogP contribution in [0.15, 0.2) is 12.1 Å². The first-order valence-electron chi connectivity index (χ1n) is 6.82. The third-order valence-corrected chi connectivity index (χ3v) is 4.27. The molecular weight excluding hydrogens is 222 g/mol. The van der Waals surface area contributed by atoms with Gasteiger partial charge in [-0.2, -0.15) is 0 Å². The lowest BCUT2D eigenvalue weighted by atomic mass is 9.79. The summed E-state index contributed by atoms with van der Waals surface area (Å²) in [6.45, 7) is 12.6. The van der Waals surface area contributed by atoms with Crippen molar-refractivity contribution in [1.29, 1.82) is 0 Å². The van der Waals surface area contributed by atoms with E-state index in [1.807, 2.05) is 0 Å². The number of hydrogen-bond acceptors (Lipinski definition) is 2. The van der Waals surface area contributed by atoms with Crippen LogP contribution in [0.2, 0.25) is 0 Å². The number of aliphatic hydroxyl groups excluding tert-OH is 1. The molecular formula is C16H25NO. The molecule has 0 aromatic heterocycles. The minimum absolute atomic E-state index is 0.0446. The predicted molar refractivity (Wildman–Crippen MR) is 77.3 cm³/mol. The molecule has 0 bridgehead atoms. The van der Waals surface area contributed by atoms with Gasteiger partial charge in [0.05, 0.1) is 6.10 Å². The molecule has 1 heterocycles. The van der Waals surface area contributed by atoms with Gasteiger partial charge >= 0.3 is 0 Å². The van der Waals surface area contributed by atoms with Crippen molar-refractivity contribution in [1.82, 2.24) is 0 Å². The fraction of sp³-hybridized carbons (Fsp3) is 0.625. The van der Waals surface area contributed by atoms with Crippen LogP contribution in [0.5, 0.6) is 0 Å². The Hall–Kier alpha value is -1.02. The van der Waals surface area contributed by atoms with Crippen molar-refractivity contribution in [2.24, 2.45) is 5.41 Å². The third-order valence-electron chi connectivity index (χ3n) is 4.27. The van der Waals surface area contributed by atoms with Crippen LogP contribution < -0.4 is 4.90 Å². The maximum Gasteiger partial charge on any atom is 0.0766 e. The Labute approximate surface area is 111 Å². The van der Waals surface area contributed by atoms with Crippen molar-refractivity contribution < 1.29 is 5.11 Å². The monoisotopic (exact) mass is 247 g/mol. The van der Waals surface area contributed by atoms with Crippen LogP contribution in [0.25, 0.3) is 0 Å². The number of aliphatic hydroxyl groups is 1. The van der Waals surface area contributed by atoms with Crippen LogP contribution >= 0.6 is 0 Å². The quantitative estimate of drug-likeness (QED) is 0.823. The van der Waals surface area contributed by atoms with Crippen LogP contribution in [0, 0.1) is 26.2 Å². The Kier molecular flexibility index (Phi) is 3.41. The molecule has 0 aliphatic carbocycles. The zero-order valence-corrected chi connectivity index (χ0v) is 12.2. The van der Waals surface area contributed by atoms with E-state index in [0.29, 0.717) is 0 Å². The van der Waals surface area contributed by atoms with Crippen LogP contribution in [0.3, 0.4) is 0 Å². The van der Waals surface area contributed by atoms with Crippen LogP contribution in [0.4, 0.5) is 5.69 Å². The second kappa shape index (κ2) is 4.58. The van der Waals surface area contributed by atoms with Gasteiger partial charge in [0, 0.05) is 18.8 Å². The van der Waals surface area contributed by atoms with Gasteiger partial charge in [0.2, 0.25) is 0 Å². The SMILES string of the molecule is Cc1cc(C)c(N2CCC(C)(C)C(O)C2)c(C)c1. The minimum Gasteiger partial charge on any atom is -0.391 e. The molecule has 100 valence electrons. The van der Waals surface area contributed by atoms with Crippen molar-refractivity contribution in [2.45, 2.75) is 47.1 Å². The van der Waals surface area contributed by atoms with E-state index in [0.717, 1.165) is 19.5 Å². The highest BCUT2D eigenvalue weighted by Gasteiger charge is 2.34. The second-order valence-electron chi connectivity index (χ2n) is 6.45. The van der Waals surface area contributed by atoms with Crippen molar-refractivity contribution in [3.63, 3.8) is 0 Å². The van der Waals surface area contributed by atoms with E-state index in [1.54, 1.807) is 0 Å². The highest BCUT2D eigenvalue weighted by Crippen LogP contribution is 2.35. The maximum absolute atomic E-state index is 10.3. The average molecular weight is 247 g/mol. The fourth-order valence-corrected chi connectivity index (χ4v) is 3.01. The molecule has 0 amide bonds. The van der Waals surface area contributed by atoms with Gasteiger partial charge in [0.1, 0.15) is 0 Å². The molecule has 0 spiro atoms. The number of piperidine rings is 1. The first-order chi connectivity index (χ1) is 8.31. The molecule has 1 fully saturated rings. The molecule has 1 aromatic rings. The first-order valence-corrected chi connectivity index (χ1v) is 6.82. The molecule has 1 aliphatic heterocycles. The van der Waals surface area contributed by atoms with E-state index in [9.17, 15) is 5.11 Å². The topological polar surface area (TPSA) is 23.5 Å². The van der Waals surface area contributed by atoms with Crippen LogP contribution in [0.1, 0.15) is 37.0 Å². The Morgan fingerprint density at radius 2 is 1.72 bits per heavy atom. The fourth-order valence-electron chi connectivity index (χ4n) is 3.01. The molecule has 1 saturated heterocycles. The van der Waals surface area contributed by atoms with Crippen molar-refractivity contribution >= 4 is 5.69 Å². The summed E-state index contributed by atoms with van der Waals surface area (Å²) in [4.78, 5) is 2.35. The van der Waals surface area contributed by atoms with E-state index in [2.05, 4.69) is 51.7 Å². The van der Waals surface area contributed by atoms with Crippen LogP contribution in [-0.2, 0) is 0 Å². The van der Waals surface area contributed by atoms with Gasteiger partial charge in [0.15, 0.2) is 0 Å². The third kappa shape index (κ3) is 2.39. The number of rotatable bonds is 1. The lowest BCUT2D eigenvalue weighted by Gasteiger charge is -2.43. The number of β-amino-alcohol motifs (C(OH)–C–C–N with tert-alkyl or cyclic N) is 1. The summed E-state index contributed by atoms with van der Waals surface area (Å²) in [7, 11) is 0. The molecule has 1 aliphatic rings. The lowest BCUT2D eigenvalue weighted by Crippen LogP contribution is -2.48. The number of aryl methyl sites for hydroxylation is 3. The number of nitrogens with zero attached hydrogens (tertiary/aromatic N) is 1. The van der Waals surface area contributed by atoms with Gasteiger partial charge in [-0.05, 0) is 43.7 Å². The lowest BCUT2D eigenvalue weighted by molar-refractivity contribution is 0.0350. The summed E-state index contributed by atoms with van der Waals surface area (Å²) < 4.78 is 0. The zero-order valence-electron chi connectivity index (χ0n) is 12.2. The van der Waals surface area contributed by atoms with E-state index in [-0.39, 0.29) is 11.5 Å². The summed E-state index contributed by atoms with van der Waals surface area (Å²) in [5.74, 6) is 0. The predicted octanol–water partition coefficient (Wildman–Crippen LogP) is 3.21. The molecule has 0 radical (unpaired) electrons. The van der Waals surface area contributed by atoms with Gasteiger partial charge in [-0.25, -0.2) is 0 Å². The minimum atomic E-state index is -0.244. The van der Waals surface area contributed by atoms with Gasteiger partial charge in [-0.15, -0.1) is 0 Å². The molecule has 2 heteroatoms. The van der Waals surface area contributed by atoms with E-state index in [4.69, 9.17) is 0 Å². The van der Waals surface area contributed by atoms with Gasteiger partial charge in [-0.1, -0.05) is 31.5 Å². The largest absolute Gasteiger partial charge is 0.391 e. The number of anilines is 1. The summed E-state index contributed by atoms with van der Waals surface area (Å²) in [6.07, 6.45) is 0.798. The molecule has 1 unspecified atom stereocenters. The van der Waals surface area contributed by atoms with Crippen molar-refractivity contribution in [2.75, 3.05) is 18.0 Å². The number of hydrogen-bond donors (Lipinski definition) is 1. The van der Waals surface area contributed by atoms with E-state index < -0.39 is 0 Å². The normalized spacial score (nSPS) is 23.2. The molecule has 1 atom stereocenters. The van der Waals surface area contributed by atoms with Gasteiger partial charge in [-0.3, -0.25) is 0 Å². The Balaban J connectivity index is 2.29. The van der Waals surface area contributed by atoms with E-state index in [1.165, 1.54) is 22.4 Å². The molecule has 2 nitrogen and oxygen atoms in total. The van der Waals surface area contributed by atoms with Crippen LogP contribution in [-0.4, -0.2) is 24.3 Å². The van der Waals surface area contributed by atoms with Gasteiger partial charge < -0.3 is 10.0 Å². The van der Waals surface area contributed by atoms with Crippen molar-refractivity contribution in [3.05, 3.63) is 28.8 Å². The Bertz CT molecular complexity index is 427. The van der Waals surface area contributed by atoms with Crippen molar-refractivity contribution in [3.8, 4) is 0 Å². The maximum atomic E-state index is 10.3. The average Bonchev–Trinajstić information content (AvgIpc) is 2.22. The van der Waals surface area contributed by atoms with E-state index >= 15 is 0 Å². The highest BCUT2D eigenvalue weighted by atomic mass is 16.3. The standard InChI is InChI=1S/C16H25NO/c1-11-8-12(2)15(13(3)9-11)17-7-6-16(4,5)14(18)10-17/h8-9,14,18H,6-7,10H2,1-5H3. The summed E-state index contributed by atoms with van der Waals surface area (Å²) in [5.41, 5.74) is 5.31. The summed E-state index contributed by atoms with van der Waals surface area (Å²) in [6, 6.07) is 4.46. The molecule has 1 aromatic carbocycles. The second-order valence-corrected chi connectivity index (χ2v) is 6.45. The molecule has 0 saturated carbocycles. The van der Waals surface area contributed by atoms with Gasteiger partial charge in [0.25, 0.3) is 0 Å². The molecule has 1 N–H and O–H groups in total. The summed E-state index contributed by atoms with van der Waals surface area (Å²) >= 11 is 0. The summed E-state index contributed by atoms with van der Waals surface area (Å²) in [5, 5.41) is 10.3. The molecule has 2 rings (SSSR count). The Morgan fingerprint density at radius 1 is 1.17 bits per heavy atom. The Morgan fingerprint density at radius 3 is 2.22 bits per heavy atom.